The van der Waals surface area contributed by atoms with Crippen molar-refractivity contribution in [2.24, 2.45) is 7.05 Å². The van der Waals surface area contributed by atoms with Crippen molar-refractivity contribution in [3.05, 3.63) is 18.0 Å². The van der Waals surface area contributed by atoms with Gasteiger partial charge in [-0.15, -0.1) is 0 Å². The number of β-amino-alcohol motifs (C(OH)–C–C–N with tert-alkyl or cyclic N) is 1. The van der Waals surface area contributed by atoms with Crippen molar-refractivity contribution in [2.45, 2.75) is 12.5 Å². The van der Waals surface area contributed by atoms with Crippen LogP contribution < -0.4 is 0 Å². The Hall–Kier alpha value is -0.870. The normalized spacial score (nSPS) is 19.8. The molecule has 13 heavy (non-hydrogen) atoms. The molecule has 0 aromatic carbocycles. The Labute approximate surface area is 77.8 Å². The molecule has 1 aliphatic heterocycles. The lowest BCUT2D eigenvalue weighted by atomic mass is 10.1. The summed E-state index contributed by atoms with van der Waals surface area (Å²) >= 11 is 0. The van der Waals surface area contributed by atoms with Gasteiger partial charge < -0.3 is 10.0 Å². The fourth-order valence-corrected chi connectivity index (χ4v) is 1.61. The number of hydrogen-bond acceptors (Lipinski definition) is 3. The molecule has 72 valence electrons. The minimum absolute atomic E-state index is 0.396. The highest BCUT2D eigenvalue weighted by Crippen LogP contribution is 2.16. The number of hydrogen-bond donors (Lipinski definition) is 1. The summed E-state index contributed by atoms with van der Waals surface area (Å²) in [6.45, 7) is 2.98. The minimum atomic E-state index is -0.396. The van der Waals surface area contributed by atoms with E-state index in [9.17, 15) is 5.11 Å². The number of aliphatic hydroxyl groups is 1. The molecule has 0 aliphatic carbocycles. The predicted molar refractivity (Wildman–Crippen MR) is 49.2 cm³/mol. The van der Waals surface area contributed by atoms with E-state index in [0.717, 1.165) is 25.3 Å². The molecule has 1 N–H and O–H groups in total. The number of nitrogens with zero attached hydrogens (tertiary/aromatic N) is 3. The highest BCUT2D eigenvalue weighted by molar-refractivity contribution is 5.04. The molecule has 4 nitrogen and oxygen atoms in total. The molecule has 1 unspecified atom stereocenters. The topological polar surface area (TPSA) is 41.3 Å². The molecule has 1 aromatic rings. The largest absolute Gasteiger partial charge is 0.385 e. The summed E-state index contributed by atoms with van der Waals surface area (Å²) in [4.78, 5) is 2.25. The van der Waals surface area contributed by atoms with E-state index in [1.165, 1.54) is 6.42 Å². The molecule has 0 amide bonds. The first-order valence-electron chi connectivity index (χ1n) is 4.65. The fourth-order valence-electron chi connectivity index (χ4n) is 1.61. The van der Waals surface area contributed by atoms with Gasteiger partial charge in [0.05, 0.1) is 5.69 Å². The van der Waals surface area contributed by atoms with E-state index >= 15 is 0 Å². The first-order valence-corrected chi connectivity index (χ1v) is 4.65. The Bertz CT molecular complexity index is 280. The Morgan fingerprint density at radius 3 is 2.85 bits per heavy atom. The van der Waals surface area contributed by atoms with Gasteiger partial charge in [-0.05, 0) is 25.6 Å². The Morgan fingerprint density at radius 2 is 2.38 bits per heavy atom. The zero-order valence-corrected chi connectivity index (χ0v) is 7.85. The first-order chi connectivity index (χ1) is 6.27. The highest BCUT2D eigenvalue weighted by Gasteiger charge is 2.19. The number of aryl methyl sites for hydroxylation is 1. The van der Waals surface area contributed by atoms with Gasteiger partial charge in [-0.2, -0.15) is 5.10 Å². The molecule has 1 saturated heterocycles. The standard InChI is InChI=1S/C9H15N3O/c1-11-8(3-4-10-11)9(13)7-12-5-2-6-12/h3-4,9,13H,2,5-7H2,1H3. The van der Waals surface area contributed by atoms with Crippen molar-refractivity contribution in [1.29, 1.82) is 0 Å². The lowest BCUT2D eigenvalue weighted by Crippen LogP contribution is -2.40. The summed E-state index contributed by atoms with van der Waals surface area (Å²) in [5.41, 5.74) is 0.895. The molecule has 1 aromatic heterocycles. The van der Waals surface area contributed by atoms with Crippen molar-refractivity contribution in [3.63, 3.8) is 0 Å². The molecular weight excluding hydrogens is 166 g/mol. The smallest absolute Gasteiger partial charge is 0.108 e. The lowest BCUT2D eigenvalue weighted by molar-refractivity contribution is 0.0740. The lowest BCUT2D eigenvalue weighted by Gasteiger charge is -2.32. The third-order valence-corrected chi connectivity index (χ3v) is 2.58. The summed E-state index contributed by atoms with van der Waals surface area (Å²) in [5, 5.41) is 13.9. The monoisotopic (exact) mass is 181 g/mol. The first kappa shape index (κ1) is 8.72. The quantitative estimate of drug-likeness (QED) is 0.722. The van der Waals surface area contributed by atoms with Crippen molar-refractivity contribution >= 4 is 0 Å². The van der Waals surface area contributed by atoms with Crippen molar-refractivity contribution < 1.29 is 5.11 Å². The van der Waals surface area contributed by atoms with Gasteiger partial charge in [0.1, 0.15) is 6.10 Å². The number of aliphatic hydroxyl groups excluding tert-OH is 1. The van der Waals surface area contributed by atoms with Gasteiger partial charge >= 0.3 is 0 Å². The fraction of sp³-hybridized carbons (Fsp3) is 0.667. The molecular formula is C9H15N3O. The van der Waals surface area contributed by atoms with Crippen LogP contribution in [0, 0.1) is 0 Å². The van der Waals surface area contributed by atoms with Gasteiger partial charge in [-0.1, -0.05) is 0 Å². The highest BCUT2D eigenvalue weighted by atomic mass is 16.3. The van der Waals surface area contributed by atoms with Crippen LogP contribution in [-0.2, 0) is 7.05 Å². The van der Waals surface area contributed by atoms with Crippen LogP contribution >= 0.6 is 0 Å². The maximum absolute atomic E-state index is 9.82. The van der Waals surface area contributed by atoms with Crippen LogP contribution in [-0.4, -0.2) is 39.4 Å². The summed E-state index contributed by atoms with van der Waals surface area (Å²) in [6.07, 6.45) is 2.58. The SMILES string of the molecule is Cn1nccc1C(O)CN1CCC1. The molecule has 2 rings (SSSR count). The molecule has 0 bridgehead atoms. The van der Waals surface area contributed by atoms with E-state index in [-0.39, 0.29) is 0 Å². The summed E-state index contributed by atoms with van der Waals surface area (Å²) in [7, 11) is 1.86. The van der Waals surface area contributed by atoms with E-state index in [0.29, 0.717) is 0 Å². The van der Waals surface area contributed by atoms with Crippen LogP contribution in [0.15, 0.2) is 12.3 Å². The maximum atomic E-state index is 9.82. The number of likely N-dealkylation sites (tertiary alicyclic amines) is 1. The molecule has 4 heteroatoms. The average molecular weight is 181 g/mol. The van der Waals surface area contributed by atoms with Crippen molar-refractivity contribution in [2.75, 3.05) is 19.6 Å². The molecule has 0 saturated carbocycles. The Balaban J connectivity index is 1.96. The van der Waals surface area contributed by atoms with Crippen LogP contribution in [0.5, 0.6) is 0 Å². The zero-order chi connectivity index (χ0) is 9.26. The second-order valence-corrected chi connectivity index (χ2v) is 3.55. The van der Waals surface area contributed by atoms with Gasteiger partial charge in [-0.3, -0.25) is 4.68 Å². The van der Waals surface area contributed by atoms with E-state index in [1.54, 1.807) is 10.9 Å². The van der Waals surface area contributed by atoms with Crippen LogP contribution in [0.1, 0.15) is 18.2 Å². The van der Waals surface area contributed by atoms with E-state index < -0.39 is 6.10 Å². The van der Waals surface area contributed by atoms with Crippen LogP contribution in [0.3, 0.4) is 0 Å². The molecule has 1 fully saturated rings. The van der Waals surface area contributed by atoms with E-state index in [4.69, 9.17) is 0 Å². The van der Waals surface area contributed by atoms with Gasteiger partial charge in [0, 0.05) is 19.8 Å². The van der Waals surface area contributed by atoms with E-state index in [2.05, 4.69) is 10.00 Å². The summed E-state index contributed by atoms with van der Waals surface area (Å²) < 4.78 is 1.73. The van der Waals surface area contributed by atoms with Crippen LogP contribution in [0.25, 0.3) is 0 Å². The summed E-state index contributed by atoms with van der Waals surface area (Å²) in [5.74, 6) is 0. The van der Waals surface area contributed by atoms with Gasteiger partial charge in [0.2, 0.25) is 0 Å². The van der Waals surface area contributed by atoms with E-state index in [1.807, 2.05) is 13.1 Å². The maximum Gasteiger partial charge on any atom is 0.108 e. The third-order valence-electron chi connectivity index (χ3n) is 2.58. The van der Waals surface area contributed by atoms with Gasteiger partial charge in [0.25, 0.3) is 0 Å². The zero-order valence-electron chi connectivity index (χ0n) is 7.85. The third kappa shape index (κ3) is 1.73. The van der Waals surface area contributed by atoms with Crippen molar-refractivity contribution in [3.8, 4) is 0 Å². The van der Waals surface area contributed by atoms with Gasteiger partial charge in [0.15, 0.2) is 0 Å². The summed E-state index contributed by atoms with van der Waals surface area (Å²) in [6, 6.07) is 1.87. The molecule has 0 spiro atoms. The Morgan fingerprint density at radius 1 is 1.62 bits per heavy atom. The van der Waals surface area contributed by atoms with Crippen molar-refractivity contribution in [1.82, 2.24) is 14.7 Å². The average Bonchev–Trinajstić information content (AvgIpc) is 2.43. The molecule has 0 radical (unpaired) electrons. The second kappa shape index (κ2) is 3.47. The molecule has 1 aliphatic rings. The second-order valence-electron chi connectivity index (χ2n) is 3.55. The molecule has 2 heterocycles. The number of aromatic nitrogens is 2. The van der Waals surface area contributed by atoms with Crippen LogP contribution in [0.2, 0.25) is 0 Å². The van der Waals surface area contributed by atoms with Gasteiger partial charge in [-0.25, -0.2) is 0 Å². The minimum Gasteiger partial charge on any atom is -0.385 e. The Kier molecular flexibility index (Phi) is 2.33. The predicted octanol–water partition coefficient (Wildman–Crippen LogP) is 0.159. The number of rotatable bonds is 3. The molecule has 1 atom stereocenters. The van der Waals surface area contributed by atoms with Crippen LogP contribution in [0.4, 0.5) is 0 Å².